The van der Waals surface area contributed by atoms with Gasteiger partial charge in [-0.2, -0.15) is 5.26 Å². The molecule has 0 amide bonds. The lowest BCUT2D eigenvalue weighted by Crippen LogP contribution is -2.28. The first kappa shape index (κ1) is 15.7. The minimum absolute atomic E-state index is 0.194. The Balaban J connectivity index is 2.69. The third-order valence-corrected chi connectivity index (χ3v) is 3.39. The Bertz CT molecular complexity index is 473. The standard InChI is InChI=1S/C17H26N2/c1-13-9-15(16(2,3)4)8-7-14(13)10-19-12-17(5,6)11-18/h7-9,19H,10,12H2,1-6H3. The van der Waals surface area contributed by atoms with Crippen molar-refractivity contribution in [2.45, 2.75) is 53.5 Å². The van der Waals surface area contributed by atoms with Crippen LogP contribution < -0.4 is 5.32 Å². The maximum absolute atomic E-state index is 8.98. The molecule has 0 aliphatic heterocycles. The zero-order chi connectivity index (χ0) is 14.7. The van der Waals surface area contributed by atoms with E-state index in [1.54, 1.807) is 0 Å². The summed E-state index contributed by atoms with van der Waals surface area (Å²) in [6, 6.07) is 8.98. The number of nitriles is 1. The number of benzene rings is 1. The van der Waals surface area contributed by atoms with Gasteiger partial charge in [-0.05, 0) is 42.9 Å². The van der Waals surface area contributed by atoms with Crippen molar-refractivity contribution in [3.05, 3.63) is 34.9 Å². The molecule has 0 saturated carbocycles. The average molecular weight is 258 g/mol. The minimum Gasteiger partial charge on any atom is -0.311 e. The van der Waals surface area contributed by atoms with Gasteiger partial charge in [-0.15, -0.1) is 0 Å². The molecule has 0 heterocycles. The van der Waals surface area contributed by atoms with Crippen LogP contribution in [0.25, 0.3) is 0 Å². The molecular formula is C17H26N2. The molecule has 1 aromatic carbocycles. The summed E-state index contributed by atoms with van der Waals surface area (Å²) in [4.78, 5) is 0. The first-order valence-electron chi connectivity index (χ1n) is 6.88. The van der Waals surface area contributed by atoms with Crippen molar-refractivity contribution in [2.75, 3.05) is 6.54 Å². The van der Waals surface area contributed by atoms with Crippen LogP contribution in [0.3, 0.4) is 0 Å². The smallest absolute Gasteiger partial charge is 0.0697 e. The first-order chi connectivity index (χ1) is 8.65. The van der Waals surface area contributed by atoms with Crippen LogP contribution in [0.5, 0.6) is 0 Å². The molecule has 0 unspecified atom stereocenters. The molecule has 0 aliphatic carbocycles. The highest BCUT2D eigenvalue weighted by Gasteiger charge is 2.16. The summed E-state index contributed by atoms with van der Waals surface area (Å²) in [5, 5.41) is 12.4. The SMILES string of the molecule is Cc1cc(C(C)(C)C)ccc1CNCC(C)(C)C#N. The average Bonchev–Trinajstić information content (AvgIpc) is 2.30. The molecule has 2 nitrogen and oxygen atoms in total. The van der Waals surface area contributed by atoms with Crippen molar-refractivity contribution in [1.29, 1.82) is 5.26 Å². The molecule has 0 radical (unpaired) electrons. The van der Waals surface area contributed by atoms with Crippen molar-refractivity contribution in [3.63, 3.8) is 0 Å². The summed E-state index contributed by atoms with van der Waals surface area (Å²) in [7, 11) is 0. The lowest BCUT2D eigenvalue weighted by Gasteiger charge is -2.21. The van der Waals surface area contributed by atoms with Gasteiger partial charge in [-0.25, -0.2) is 0 Å². The molecule has 0 aliphatic rings. The van der Waals surface area contributed by atoms with Gasteiger partial charge < -0.3 is 5.32 Å². The molecule has 104 valence electrons. The Labute approximate surface area is 117 Å². The highest BCUT2D eigenvalue weighted by Crippen LogP contribution is 2.24. The fourth-order valence-electron chi connectivity index (χ4n) is 1.91. The number of aryl methyl sites for hydroxylation is 1. The Hall–Kier alpha value is -1.33. The van der Waals surface area contributed by atoms with Gasteiger partial charge in [0.1, 0.15) is 0 Å². The molecule has 0 fully saturated rings. The van der Waals surface area contributed by atoms with E-state index in [9.17, 15) is 0 Å². The summed E-state index contributed by atoms with van der Waals surface area (Å²) >= 11 is 0. The monoisotopic (exact) mass is 258 g/mol. The number of nitrogens with one attached hydrogen (secondary N) is 1. The Morgan fingerprint density at radius 2 is 1.79 bits per heavy atom. The fraction of sp³-hybridized carbons (Fsp3) is 0.588. The molecule has 0 spiro atoms. The Morgan fingerprint density at radius 1 is 1.16 bits per heavy atom. The molecule has 1 N–H and O–H groups in total. The van der Waals surface area contributed by atoms with Crippen LogP contribution in [0, 0.1) is 23.7 Å². The van der Waals surface area contributed by atoms with Crippen LogP contribution >= 0.6 is 0 Å². The Kier molecular flexibility index (Phi) is 4.76. The zero-order valence-electron chi connectivity index (χ0n) is 13.1. The molecule has 0 aromatic heterocycles. The van der Waals surface area contributed by atoms with Crippen molar-refractivity contribution < 1.29 is 0 Å². The van der Waals surface area contributed by atoms with E-state index in [-0.39, 0.29) is 10.8 Å². The predicted molar refractivity (Wildman–Crippen MR) is 81.0 cm³/mol. The number of hydrogen-bond acceptors (Lipinski definition) is 2. The summed E-state index contributed by atoms with van der Waals surface area (Å²) in [6.07, 6.45) is 0. The van der Waals surface area contributed by atoms with Crippen LogP contribution in [0.4, 0.5) is 0 Å². The molecule has 1 rings (SSSR count). The number of nitrogens with zero attached hydrogens (tertiary/aromatic N) is 1. The maximum Gasteiger partial charge on any atom is 0.0697 e. The lowest BCUT2D eigenvalue weighted by atomic mass is 9.85. The van der Waals surface area contributed by atoms with E-state index < -0.39 is 0 Å². The van der Waals surface area contributed by atoms with Crippen molar-refractivity contribution >= 4 is 0 Å². The van der Waals surface area contributed by atoms with Crippen LogP contribution in [-0.4, -0.2) is 6.54 Å². The van der Waals surface area contributed by atoms with Gasteiger partial charge >= 0.3 is 0 Å². The van der Waals surface area contributed by atoms with Gasteiger partial charge in [0.2, 0.25) is 0 Å². The minimum atomic E-state index is -0.306. The molecule has 0 bridgehead atoms. The van der Waals surface area contributed by atoms with E-state index in [0.717, 1.165) is 6.54 Å². The largest absolute Gasteiger partial charge is 0.311 e. The highest BCUT2D eigenvalue weighted by molar-refractivity contribution is 5.34. The third kappa shape index (κ3) is 4.69. The molecule has 19 heavy (non-hydrogen) atoms. The summed E-state index contributed by atoms with van der Waals surface area (Å²) in [5.74, 6) is 0. The summed E-state index contributed by atoms with van der Waals surface area (Å²) < 4.78 is 0. The maximum atomic E-state index is 8.98. The van der Waals surface area contributed by atoms with Crippen molar-refractivity contribution in [3.8, 4) is 6.07 Å². The van der Waals surface area contributed by atoms with Gasteiger partial charge in [0, 0.05) is 13.1 Å². The molecule has 1 aromatic rings. The Morgan fingerprint density at radius 3 is 2.26 bits per heavy atom. The van der Waals surface area contributed by atoms with Gasteiger partial charge in [-0.1, -0.05) is 39.0 Å². The highest BCUT2D eigenvalue weighted by atomic mass is 14.9. The van der Waals surface area contributed by atoms with Crippen LogP contribution in [0.1, 0.15) is 51.3 Å². The summed E-state index contributed by atoms with van der Waals surface area (Å²) in [5.41, 5.74) is 3.88. The number of rotatable bonds is 4. The first-order valence-corrected chi connectivity index (χ1v) is 6.88. The van der Waals surface area contributed by atoms with Crippen LogP contribution in [0.2, 0.25) is 0 Å². The second kappa shape index (κ2) is 5.75. The molecule has 0 saturated heterocycles. The van der Waals surface area contributed by atoms with E-state index in [1.165, 1.54) is 16.7 Å². The topological polar surface area (TPSA) is 35.8 Å². The second-order valence-corrected chi connectivity index (χ2v) is 6.99. The molecule has 2 heteroatoms. The molecular weight excluding hydrogens is 232 g/mol. The van der Waals surface area contributed by atoms with E-state index in [1.807, 2.05) is 13.8 Å². The van der Waals surface area contributed by atoms with Gasteiger partial charge in [-0.3, -0.25) is 0 Å². The van der Waals surface area contributed by atoms with Gasteiger partial charge in [0.15, 0.2) is 0 Å². The third-order valence-electron chi connectivity index (χ3n) is 3.39. The lowest BCUT2D eigenvalue weighted by molar-refractivity contribution is 0.444. The normalized spacial score (nSPS) is 12.3. The van der Waals surface area contributed by atoms with Gasteiger partial charge in [0.05, 0.1) is 11.5 Å². The van der Waals surface area contributed by atoms with Gasteiger partial charge in [0.25, 0.3) is 0 Å². The van der Waals surface area contributed by atoms with Crippen molar-refractivity contribution in [2.24, 2.45) is 5.41 Å². The van der Waals surface area contributed by atoms with Crippen molar-refractivity contribution in [1.82, 2.24) is 5.32 Å². The zero-order valence-corrected chi connectivity index (χ0v) is 13.1. The van der Waals surface area contributed by atoms with Crippen LogP contribution in [0.15, 0.2) is 18.2 Å². The second-order valence-electron chi connectivity index (χ2n) is 6.99. The quantitative estimate of drug-likeness (QED) is 0.888. The van der Waals surface area contributed by atoms with E-state index in [2.05, 4.69) is 57.3 Å². The summed E-state index contributed by atoms with van der Waals surface area (Å²) in [6.45, 7) is 14.3. The van der Waals surface area contributed by atoms with E-state index in [4.69, 9.17) is 5.26 Å². The van der Waals surface area contributed by atoms with E-state index >= 15 is 0 Å². The fourth-order valence-corrected chi connectivity index (χ4v) is 1.91. The number of hydrogen-bond donors (Lipinski definition) is 1. The van der Waals surface area contributed by atoms with Crippen LogP contribution in [-0.2, 0) is 12.0 Å². The van der Waals surface area contributed by atoms with E-state index in [0.29, 0.717) is 6.54 Å². The predicted octanol–water partition coefficient (Wildman–Crippen LogP) is 3.93. The molecule has 0 atom stereocenters.